The fourth-order valence-corrected chi connectivity index (χ4v) is 2.85. The number of aromatic nitrogens is 2. The molecule has 0 amide bonds. The topological polar surface area (TPSA) is 40.7 Å². The maximum Gasteiger partial charge on any atom is 0.140 e. The average Bonchev–Trinajstić information content (AvgIpc) is 2.82. The fraction of sp³-hybridized carbons (Fsp3) is 0.133. The van der Waals surface area contributed by atoms with Crippen molar-refractivity contribution in [2.24, 2.45) is 0 Å². The molecule has 0 spiro atoms. The van der Waals surface area contributed by atoms with Crippen molar-refractivity contribution in [1.29, 1.82) is 0 Å². The SMILES string of the molecule is CNc1ccccc1-c1nc2c(C)cc(Br)cc2[nH]1. The van der Waals surface area contributed by atoms with Gasteiger partial charge in [-0.3, -0.25) is 0 Å². The Morgan fingerprint density at radius 2 is 2.00 bits per heavy atom. The summed E-state index contributed by atoms with van der Waals surface area (Å²) in [4.78, 5) is 8.10. The summed E-state index contributed by atoms with van der Waals surface area (Å²) in [5, 5.41) is 3.20. The molecule has 4 heteroatoms. The van der Waals surface area contributed by atoms with E-state index in [1.54, 1.807) is 0 Å². The third kappa shape index (κ3) is 2.12. The van der Waals surface area contributed by atoms with Crippen molar-refractivity contribution in [3.63, 3.8) is 0 Å². The van der Waals surface area contributed by atoms with E-state index >= 15 is 0 Å². The first-order valence-corrected chi connectivity index (χ1v) is 6.91. The van der Waals surface area contributed by atoms with Crippen LogP contribution >= 0.6 is 15.9 Å². The minimum absolute atomic E-state index is 0.890. The molecule has 0 radical (unpaired) electrons. The summed E-state index contributed by atoms with van der Waals surface area (Å²) in [6.45, 7) is 2.07. The molecule has 3 nitrogen and oxygen atoms in total. The van der Waals surface area contributed by atoms with E-state index in [0.29, 0.717) is 0 Å². The second kappa shape index (κ2) is 4.70. The number of aryl methyl sites for hydroxylation is 1. The van der Waals surface area contributed by atoms with E-state index in [4.69, 9.17) is 4.98 Å². The molecule has 0 saturated carbocycles. The second-order valence-electron chi connectivity index (χ2n) is 4.50. The first kappa shape index (κ1) is 12.2. The molecule has 1 aromatic heterocycles. The first-order chi connectivity index (χ1) is 9.19. The lowest BCUT2D eigenvalue weighted by atomic mass is 10.1. The number of halogens is 1. The lowest BCUT2D eigenvalue weighted by Gasteiger charge is -2.05. The molecule has 0 aliphatic heterocycles. The maximum absolute atomic E-state index is 4.72. The summed E-state index contributed by atoms with van der Waals surface area (Å²) in [5.74, 6) is 0.890. The van der Waals surface area contributed by atoms with Crippen molar-refractivity contribution in [2.75, 3.05) is 12.4 Å². The molecular formula is C15H14BrN3. The van der Waals surface area contributed by atoms with Crippen LogP contribution < -0.4 is 5.32 Å². The van der Waals surface area contributed by atoms with Gasteiger partial charge in [0, 0.05) is 22.8 Å². The van der Waals surface area contributed by atoms with E-state index in [9.17, 15) is 0 Å². The van der Waals surface area contributed by atoms with Crippen molar-refractivity contribution < 1.29 is 0 Å². The van der Waals surface area contributed by atoms with Crippen molar-refractivity contribution in [3.05, 3.63) is 46.4 Å². The molecule has 0 bridgehead atoms. The molecule has 96 valence electrons. The van der Waals surface area contributed by atoms with Crippen LogP contribution in [0, 0.1) is 6.92 Å². The Balaban J connectivity index is 2.23. The molecule has 0 unspecified atom stereocenters. The van der Waals surface area contributed by atoms with E-state index in [1.165, 1.54) is 0 Å². The van der Waals surface area contributed by atoms with Crippen LogP contribution in [0.1, 0.15) is 5.56 Å². The van der Waals surface area contributed by atoms with Gasteiger partial charge in [0.15, 0.2) is 0 Å². The van der Waals surface area contributed by atoms with Crippen molar-refractivity contribution in [2.45, 2.75) is 6.92 Å². The number of nitrogens with one attached hydrogen (secondary N) is 2. The number of imidazole rings is 1. The van der Waals surface area contributed by atoms with E-state index in [1.807, 2.05) is 25.2 Å². The highest BCUT2D eigenvalue weighted by Gasteiger charge is 2.10. The fourth-order valence-electron chi connectivity index (χ4n) is 2.28. The predicted octanol–water partition coefficient (Wildman–Crippen LogP) is 4.34. The highest BCUT2D eigenvalue weighted by molar-refractivity contribution is 9.10. The van der Waals surface area contributed by atoms with Gasteiger partial charge in [-0.2, -0.15) is 0 Å². The number of H-pyrrole nitrogens is 1. The maximum atomic E-state index is 4.72. The number of fused-ring (bicyclic) bond motifs is 1. The molecule has 3 rings (SSSR count). The van der Waals surface area contributed by atoms with Gasteiger partial charge in [-0.15, -0.1) is 0 Å². The minimum atomic E-state index is 0.890. The van der Waals surface area contributed by atoms with Crippen molar-refractivity contribution in [3.8, 4) is 11.4 Å². The molecule has 19 heavy (non-hydrogen) atoms. The van der Waals surface area contributed by atoms with Gasteiger partial charge >= 0.3 is 0 Å². The number of anilines is 1. The zero-order chi connectivity index (χ0) is 13.4. The van der Waals surface area contributed by atoms with Crippen LogP contribution in [0.4, 0.5) is 5.69 Å². The summed E-state index contributed by atoms with van der Waals surface area (Å²) in [7, 11) is 1.92. The molecule has 2 N–H and O–H groups in total. The lowest BCUT2D eigenvalue weighted by Crippen LogP contribution is -1.92. The standard InChI is InChI=1S/C15H14BrN3/c1-9-7-10(16)8-13-14(9)19-15(18-13)11-5-3-4-6-12(11)17-2/h3-8,17H,1-2H3,(H,18,19). The van der Waals surface area contributed by atoms with Crippen LogP contribution in [0.5, 0.6) is 0 Å². The number of benzene rings is 2. The van der Waals surface area contributed by atoms with Gasteiger partial charge in [-0.05, 0) is 36.8 Å². The molecule has 2 aromatic carbocycles. The Bertz CT molecular complexity index is 746. The normalized spacial score (nSPS) is 10.9. The minimum Gasteiger partial charge on any atom is -0.388 e. The number of hydrogen-bond acceptors (Lipinski definition) is 2. The molecule has 0 fully saturated rings. The number of nitrogens with zero attached hydrogens (tertiary/aromatic N) is 1. The molecule has 3 aromatic rings. The highest BCUT2D eigenvalue weighted by Crippen LogP contribution is 2.29. The van der Waals surface area contributed by atoms with Gasteiger partial charge in [0.05, 0.1) is 11.0 Å². The van der Waals surface area contributed by atoms with Crippen LogP contribution in [0.25, 0.3) is 22.4 Å². The summed E-state index contributed by atoms with van der Waals surface area (Å²) < 4.78 is 1.06. The lowest BCUT2D eigenvalue weighted by molar-refractivity contribution is 1.32. The van der Waals surface area contributed by atoms with E-state index in [2.05, 4.69) is 51.4 Å². The highest BCUT2D eigenvalue weighted by atomic mass is 79.9. The summed E-state index contributed by atoms with van der Waals surface area (Å²) in [6.07, 6.45) is 0. The predicted molar refractivity (Wildman–Crippen MR) is 83.5 cm³/mol. The van der Waals surface area contributed by atoms with Gasteiger partial charge in [0.25, 0.3) is 0 Å². The molecule has 0 aliphatic rings. The Morgan fingerprint density at radius 1 is 1.21 bits per heavy atom. The largest absolute Gasteiger partial charge is 0.388 e. The zero-order valence-corrected chi connectivity index (χ0v) is 12.4. The Morgan fingerprint density at radius 3 is 2.79 bits per heavy atom. The van der Waals surface area contributed by atoms with Crippen molar-refractivity contribution in [1.82, 2.24) is 9.97 Å². The molecule has 0 saturated heterocycles. The molecule has 0 atom stereocenters. The zero-order valence-electron chi connectivity index (χ0n) is 10.8. The quantitative estimate of drug-likeness (QED) is 0.738. The Kier molecular flexibility index (Phi) is 3.03. The third-order valence-electron chi connectivity index (χ3n) is 3.19. The number of para-hydroxylation sites is 1. The van der Waals surface area contributed by atoms with Gasteiger partial charge in [-0.25, -0.2) is 4.98 Å². The van der Waals surface area contributed by atoms with Gasteiger partial charge in [0.1, 0.15) is 5.82 Å². The van der Waals surface area contributed by atoms with Crippen LogP contribution in [0.15, 0.2) is 40.9 Å². The third-order valence-corrected chi connectivity index (χ3v) is 3.65. The van der Waals surface area contributed by atoms with Gasteiger partial charge in [-0.1, -0.05) is 28.1 Å². The summed E-state index contributed by atoms with van der Waals surface area (Å²) in [6, 6.07) is 12.3. The number of rotatable bonds is 2. The average molecular weight is 316 g/mol. The van der Waals surface area contributed by atoms with Crippen LogP contribution in [-0.4, -0.2) is 17.0 Å². The monoisotopic (exact) mass is 315 g/mol. The molecule has 0 aliphatic carbocycles. The van der Waals surface area contributed by atoms with E-state index < -0.39 is 0 Å². The van der Waals surface area contributed by atoms with Crippen molar-refractivity contribution >= 4 is 32.7 Å². The van der Waals surface area contributed by atoms with Crippen LogP contribution in [0.3, 0.4) is 0 Å². The van der Waals surface area contributed by atoms with E-state index in [0.717, 1.165) is 38.1 Å². The molecule has 1 heterocycles. The summed E-state index contributed by atoms with van der Waals surface area (Å²) >= 11 is 3.52. The van der Waals surface area contributed by atoms with Gasteiger partial charge in [0.2, 0.25) is 0 Å². The Hall–Kier alpha value is -1.81. The smallest absolute Gasteiger partial charge is 0.140 e. The van der Waals surface area contributed by atoms with Crippen LogP contribution in [0.2, 0.25) is 0 Å². The first-order valence-electron chi connectivity index (χ1n) is 6.12. The summed E-state index contributed by atoms with van der Waals surface area (Å²) in [5.41, 5.74) is 5.38. The number of aromatic amines is 1. The second-order valence-corrected chi connectivity index (χ2v) is 5.42. The van der Waals surface area contributed by atoms with Crippen LogP contribution in [-0.2, 0) is 0 Å². The van der Waals surface area contributed by atoms with Gasteiger partial charge < -0.3 is 10.3 Å². The Labute approximate surface area is 120 Å². The molecular weight excluding hydrogens is 302 g/mol. The van der Waals surface area contributed by atoms with E-state index in [-0.39, 0.29) is 0 Å². The number of hydrogen-bond donors (Lipinski definition) is 2.